The van der Waals surface area contributed by atoms with E-state index < -0.39 is 10.0 Å². The van der Waals surface area contributed by atoms with Crippen LogP contribution in [0.4, 0.5) is 0 Å². The van der Waals surface area contributed by atoms with Gasteiger partial charge >= 0.3 is 0 Å². The second-order valence-electron chi connectivity index (χ2n) is 5.26. The summed E-state index contributed by atoms with van der Waals surface area (Å²) < 4.78 is 28.5. The van der Waals surface area contributed by atoms with Crippen LogP contribution in [0.2, 0.25) is 10.0 Å². The van der Waals surface area contributed by atoms with Gasteiger partial charge in [-0.1, -0.05) is 30.1 Å². The maximum absolute atomic E-state index is 11.3. The molecule has 0 radical (unpaired) electrons. The molecular weight excluding hydrogens is 321 g/mol. The summed E-state index contributed by atoms with van der Waals surface area (Å²) in [6.45, 7) is 2.22. The molecule has 0 saturated heterocycles. The van der Waals surface area contributed by atoms with E-state index in [-0.39, 0.29) is 21.0 Å². The van der Waals surface area contributed by atoms with Gasteiger partial charge in [0, 0.05) is 6.07 Å². The topological polar surface area (TPSA) is 69.4 Å². The van der Waals surface area contributed by atoms with Crippen LogP contribution in [0.5, 0.6) is 5.75 Å². The molecule has 1 saturated carbocycles. The molecule has 0 bridgehead atoms. The first-order valence-electron chi connectivity index (χ1n) is 6.46. The van der Waals surface area contributed by atoms with Gasteiger partial charge in [-0.25, -0.2) is 13.6 Å². The highest BCUT2D eigenvalue weighted by atomic mass is 35.5. The lowest BCUT2D eigenvalue weighted by Crippen LogP contribution is -2.23. The van der Waals surface area contributed by atoms with Crippen molar-refractivity contribution in [2.75, 3.05) is 0 Å². The van der Waals surface area contributed by atoms with E-state index in [2.05, 4.69) is 6.92 Å². The maximum Gasteiger partial charge on any atom is 0.239 e. The van der Waals surface area contributed by atoms with Crippen LogP contribution in [0.25, 0.3) is 0 Å². The van der Waals surface area contributed by atoms with Crippen molar-refractivity contribution in [3.05, 3.63) is 22.2 Å². The number of hydrogen-bond acceptors (Lipinski definition) is 3. The maximum atomic E-state index is 11.3. The zero-order valence-corrected chi connectivity index (χ0v) is 13.4. The Labute approximate surface area is 129 Å². The molecule has 7 heteroatoms. The fourth-order valence-electron chi connectivity index (χ4n) is 2.35. The molecule has 0 unspecified atom stereocenters. The Bertz CT molecular complexity index is 596. The monoisotopic (exact) mass is 337 g/mol. The Balaban J connectivity index is 2.19. The Morgan fingerprint density at radius 3 is 2.30 bits per heavy atom. The lowest BCUT2D eigenvalue weighted by molar-refractivity contribution is 0.135. The minimum Gasteiger partial charge on any atom is -0.489 e. The lowest BCUT2D eigenvalue weighted by Gasteiger charge is -2.27. The van der Waals surface area contributed by atoms with E-state index in [9.17, 15) is 8.42 Å². The van der Waals surface area contributed by atoms with E-state index in [1.165, 1.54) is 12.1 Å². The minimum absolute atomic E-state index is 0.0241. The first-order chi connectivity index (χ1) is 9.27. The number of halogens is 2. The Morgan fingerprint density at radius 1 is 1.15 bits per heavy atom. The Hall–Kier alpha value is -0.490. The van der Waals surface area contributed by atoms with Crippen LogP contribution in [-0.4, -0.2) is 14.5 Å². The van der Waals surface area contributed by atoms with Crippen LogP contribution < -0.4 is 9.88 Å². The molecule has 0 heterocycles. The Kier molecular flexibility index (Phi) is 4.84. The summed E-state index contributed by atoms with van der Waals surface area (Å²) in [6.07, 6.45) is 4.26. The van der Waals surface area contributed by atoms with Crippen LogP contribution in [0, 0.1) is 5.92 Å². The summed E-state index contributed by atoms with van der Waals surface area (Å²) in [5.74, 6) is 1.13. The summed E-state index contributed by atoms with van der Waals surface area (Å²) in [6, 6.07) is 2.65. The number of hydrogen-bond donors (Lipinski definition) is 1. The third-order valence-corrected chi connectivity index (χ3v) is 5.22. The molecule has 4 nitrogen and oxygen atoms in total. The molecule has 0 aliphatic heterocycles. The van der Waals surface area contributed by atoms with Crippen molar-refractivity contribution in [1.82, 2.24) is 0 Å². The van der Waals surface area contributed by atoms with E-state index in [1.807, 2.05) is 0 Å². The zero-order valence-electron chi connectivity index (χ0n) is 11.1. The van der Waals surface area contributed by atoms with Crippen LogP contribution >= 0.6 is 23.2 Å². The molecule has 112 valence electrons. The summed E-state index contributed by atoms with van der Waals surface area (Å²) in [7, 11) is -3.89. The molecule has 0 aromatic heterocycles. The standard InChI is InChI=1S/C13H17Cl2NO3S/c1-8-2-4-9(5-3-8)19-12-6-11(15)13(7-10(12)14)20(16,17)18/h6-9H,2-5H2,1H3,(H2,16,17,18). The van der Waals surface area contributed by atoms with Crippen molar-refractivity contribution in [2.24, 2.45) is 11.1 Å². The predicted octanol–water partition coefficient (Wildman–Crippen LogP) is 3.60. The molecule has 2 N–H and O–H groups in total. The SMILES string of the molecule is CC1CCC(Oc2cc(Cl)c(S(N)(=O)=O)cc2Cl)CC1. The highest BCUT2D eigenvalue weighted by Gasteiger charge is 2.22. The summed E-state index contributed by atoms with van der Waals surface area (Å²) in [5, 5.41) is 5.29. The number of primary sulfonamides is 1. The smallest absolute Gasteiger partial charge is 0.239 e. The summed E-state index contributed by atoms with van der Waals surface area (Å²) in [5.41, 5.74) is 0. The fraction of sp³-hybridized carbons (Fsp3) is 0.538. The van der Waals surface area contributed by atoms with Gasteiger partial charge in [0.25, 0.3) is 0 Å². The van der Waals surface area contributed by atoms with Crippen molar-refractivity contribution < 1.29 is 13.2 Å². The average molecular weight is 338 g/mol. The van der Waals surface area contributed by atoms with Crippen LogP contribution in [0.1, 0.15) is 32.6 Å². The molecule has 0 atom stereocenters. The second-order valence-corrected chi connectivity index (χ2v) is 7.60. The number of nitrogens with two attached hydrogens (primary N) is 1. The van der Waals surface area contributed by atoms with Crippen molar-refractivity contribution in [3.63, 3.8) is 0 Å². The van der Waals surface area contributed by atoms with E-state index in [0.717, 1.165) is 31.6 Å². The second kappa shape index (κ2) is 6.10. The van der Waals surface area contributed by atoms with Crippen molar-refractivity contribution in [3.8, 4) is 5.75 Å². The predicted molar refractivity (Wildman–Crippen MR) is 79.9 cm³/mol. The van der Waals surface area contributed by atoms with Crippen LogP contribution in [0.15, 0.2) is 17.0 Å². The van der Waals surface area contributed by atoms with Gasteiger partial charge in [0.15, 0.2) is 0 Å². The lowest BCUT2D eigenvalue weighted by atomic mass is 9.89. The first kappa shape index (κ1) is 15.9. The molecule has 2 rings (SSSR count). The molecule has 20 heavy (non-hydrogen) atoms. The van der Waals surface area contributed by atoms with E-state index in [1.54, 1.807) is 0 Å². The minimum atomic E-state index is -3.89. The third kappa shape index (κ3) is 3.79. The number of sulfonamides is 1. The van der Waals surface area contributed by atoms with Crippen molar-refractivity contribution in [1.29, 1.82) is 0 Å². The van der Waals surface area contributed by atoms with Gasteiger partial charge in [0.1, 0.15) is 10.6 Å². The van der Waals surface area contributed by atoms with Gasteiger partial charge in [-0.15, -0.1) is 0 Å². The van der Waals surface area contributed by atoms with E-state index >= 15 is 0 Å². The van der Waals surface area contributed by atoms with E-state index in [4.69, 9.17) is 33.1 Å². The highest BCUT2D eigenvalue weighted by Crippen LogP contribution is 2.35. The van der Waals surface area contributed by atoms with Gasteiger partial charge < -0.3 is 4.74 Å². The Morgan fingerprint density at radius 2 is 1.75 bits per heavy atom. The highest BCUT2D eigenvalue weighted by molar-refractivity contribution is 7.89. The first-order valence-corrected chi connectivity index (χ1v) is 8.76. The molecule has 0 amide bonds. The van der Waals surface area contributed by atoms with Crippen LogP contribution in [0.3, 0.4) is 0 Å². The zero-order chi connectivity index (χ0) is 14.9. The van der Waals surface area contributed by atoms with Crippen molar-refractivity contribution >= 4 is 33.2 Å². The van der Waals surface area contributed by atoms with Gasteiger partial charge in [-0.3, -0.25) is 0 Å². The summed E-state index contributed by atoms with van der Waals surface area (Å²) >= 11 is 12.0. The number of ether oxygens (including phenoxy) is 1. The third-order valence-electron chi connectivity index (χ3n) is 3.55. The molecule has 1 fully saturated rings. The largest absolute Gasteiger partial charge is 0.489 e. The quantitative estimate of drug-likeness (QED) is 0.915. The fourth-order valence-corrected chi connectivity index (χ4v) is 3.71. The normalized spacial score (nSPS) is 23.6. The van der Waals surface area contributed by atoms with Gasteiger partial charge in [-0.2, -0.15) is 0 Å². The number of rotatable bonds is 3. The van der Waals surface area contributed by atoms with Gasteiger partial charge in [-0.05, 0) is 37.7 Å². The van der Waals surface area contributed by atoms with E-state index in [0.29, 0.717) is 5.75 Å². The van der Waals surface area contributed by atoms with Gasteiger partial charge in [0.05, 0.1) is 16.1 Å². The molecule has 0 spiro atoms. The van der Waals surface area contributed by atoms with Gasteiger partial charge in [0.2, 0.25) is 10.0 Å². The molecule has 1 aliphatic rings. The van der Waals surface area contributed by atoms with Crippen molar-refractivity contribution in [2.45, 2.75) is 43.6 Å². The molecule has 1 aromatic carbocycles. The summed E-state index contributed by atoms with van der Waals surface area (Å²) in [4.78, 5) is -0.186. The molecule has 1 aliphatic carbocycles. The number of benzene rings is 1. The molecular formula is C13H17Cl2NO3S. The average Bonchev–Trinajstić information content (AvgIpc) is 2.35. The molecule has 1 aromatic rings. The van der Waals surface area contributed by atoms with Crippen LogP contribution in [-0.2, 0) is 10.0 Å².